The van der Waals surface area contributed by atoms with Crippen LogP contribution in [0, 0.1) is 0 Å². The predicted octanol–water partition coefficient (Wildman–Crippen LogP) is 4.04. The molecule has 0 saturated heterocycles. The summed E-state index contributed by atoms with van der Waals surface area (Å²) in [6.45, 7) is 1.83. The molecule has 0 saturated carbocycles. The molecule has 7 heteroatoms. The summed E-state index contributed by atoms with van der Waals surface area (Å²) >= 11 is 0. The smallest absolute Gasteiger partial charge is 0.258 e. The van der Waals surface area contributed by atoms with E-state index >= 15 is 0 Å². The Bertz CT molecular complexity index is 1160. The van der Waals surface area contributed by atoms with Gasteiger partial charge in [-0.2, -0.15) is 5.10 Å². The van der Waals surface area contributed by atoms with Gasteiger partial charge in [0, 0.05) is 35.6 Å². The van der Waals surface area contributed by atoms with Gasteiger partial charge in [-0.15, -0.1) is 0 Å². The third-order valence-corrected chi connectivity index (χ3v) is 4.74. The highest BCUT2D eigenvalue weighted by Crippen LogP contribution is 2.21. The van der Waals surface area contributed by atoms with Crippen LogP contribution in [0.4, 0.5) is 5.95 Å². The number of rotatable bonds is 7. The number of carbonyl (C=O) groups excluding carboxylic acids is 2. The summed E-state index contributed by atoms with van der Waals surface area (Å²) in [7, 11) is 0. The molecule has 0 aliphatic carbocycles. The second-order valence-corrected chi connectivity index (χ2v) is 6.85. The summed E-state index contributed by atoms with van der Waals surface area (Å²) < 4.78 is 1.79. The molecule has 4 aromatic rings. The molecule has 0 radical (unpaired) electrons. The van der Waals surface area contributed by atoms with Gasteiger partial charge in [-0.25, -0.2) is 4.98 Å². The number of Topliss-reactive ketones (excluding diaryl/α,β-unsaturated/α-hetero) is 1. The van der Waals surface area contributed by atoms with E-state index in [0.29, 0.717) is 23.6 Å². The highest BCUT2D eigenvalue weighted by Gasteiger charge is 2.16. The second kappa shape index (κ2) is 8.57. The lowest BCUT2D eigenvalue weighted by atomic mass is 10.1. The molecule has 0 aliphatic heterocycles. The Morgan fingerprint density at radius 3 is 2.63 bits per heavy atom. The summed E-state index contributed by atoms with van der Waals surface area (Å²) in [5.41, 5.74) is 3.76. The summed E-state index contributed by atoms with van der Waals surface area (Å²) in [5.74, 6) is 0.189. The Morgan fingerprint density at radius 1 is 1.07 bits per heavy atom. The van der Waals surface area contributed by atoms with Crippen LogP contribution in [0.1, 0.15) is 29.4 Å². The molecule has 0 bridgehead atoms. The number of benzene rings is 2. The molecule has 0 atom stereocenters. The number of amides is 1. The maximum atomic E-state index is 13.0. The maximum absolute atomic E-state index is 13.0. The number of aromatic amines is 1. The van der Waals surface area contributed by atoms with Crippen molar-refractivity contribution in [3.05, 3.63) is 84.4 Å². The number of nitrogens with one attached hydrogen (secondary N) is 2. The van der Waals surface area contributed by atoms with Gasteiger partial charge in [0.2, 0.25) is 5.95 Å². The van der Waals surface area contributed by atoms with Crippen LogP contribution >= 0.6 is 0 Å². The lowest BCUT2D eigenvalue weighted by Crippen LogP contribution is -2.15. The average Bonchev–Trinajstić information content (AvgIpc) is 3.45. The first-order valence-corrected chi connectivity index (χ1v) is 9.70. The highest BCUT2D eigenvalue weighted by atomic mass is 16.2. The van der Waals surface area contributed by atoms with E-state index in [2.05, 4.69) is 20.5 Å². The van der Waals surface area contributed by atoms with Crippen LogP contribution in [0.15, 0.2) is 73.2 Å². The van der Waals surface area contributed by atoms with Crippen molar-refractivity contribution in [2.24, 2.45) is 0 Å². The first-order chi connectivity index (χ1) is 14.6. The molecule has 0 aliphatic rings. The number of carbonyl (C=O) groups is 2. The molecule has 1 amide bonds. The Kier molecular flexibility index (Phi) is 5.52. The van der Waals surface area contributed by atoms with Gasteiger partial charge in [0.05, 0.1) is 18.3 Å². The number of nitrogens with zero attached hydrogens (tertiary/aromatic N) is 3. The van der Waals surface area contributed by atoms with Gasteiger partial charge in [-0.3, -0.25) is 24.6 Å². The number of para-hydroxylation sites is 1. The van der Waals surface area contributed by atoms with E-state index in [1.54, 1.807) is 35.3 Å². The first-order valence-electron chi connectivity index (χ1n) is 9.70. The summed E-state index contributed by atoms with van der Waals surface area (Å²) in [4.78, 5) is 29.3. The van der Waals surface area contributed by atoms with Crippen LogP contribution in [0.25, 0.3) is 16.8 Å². The van der Waals surface area contributed by atoms with Gasteiger partial charge in [-0.05, 0) is 29.8 Å². The molecule has 0 fully saturated rings. The Balaban J connectivity index is 1.64. The second-order valence-electron chi connectivity index (χ2n) is 6.85. The van der Waals surface area contributed by atoms with Crippen LogP contribution in [-0.4, -0.2) is 31.4 Å². The lowest BCUT2D eigenvalue weighted by Gasteiger charge is -2.09. The van der Waals surface area contributed by atoms with Crippen molar-refractivity contribution in [1.29, 1.82) is 0 Å². The predicted molar refractivity (Wildman–Crippen MR) is 115 cm³/mol. The number of hydrogen-bond donors (Lipinski definition) is 2. The monoisotopic (exact) mass is 399 g/mol. The molecular formula is C23H21N5O2. The minimum absolute atomic E-state index is 0.0957. The van der Waals surface area contributed by atoms with Crippen LogP contribution in [-0.2, 0) is 11.2 Å². The molecule has 2 heterocycles. The van der Waals surface area contributed by atoms with Crippen molar-refractivity contribution in [2.75, 3.05) is 5.32 Å². The molecule has 30 heavy (non-hydrogen) atoms. The van der Waals surface area contributed by atoms with Crippen molar-refractivity contribution in [3.63, 3.8) is 0 Å². The Labute approximate surface area is 173 Å². The quantitative estimate of drug-likeness (QED) is 0.491. The van der Waals surface area contributed by atoms with E-state index < -0.39 is 0 Å². The van der Waals surface area contributed by atoms with Gasteiger partial charge >= 0.3 is 0 Å². The minimum atomic E-state index is -0.281. The van der Waals surface area contributed by atoms with E-state index in [1.165, 1.54) is 0 Å². The molecule has 0 spiro atoms. The highest BCUT2D eigenvalue weighted by molar-refractivity contribution is 6.04. The maximum Gasteiger partial charge on any atom is 0.258 e. The van der Waals surface area contributed by atoms with E-state index in [-0.39, 0.29) is 18.1 Å². The van der Waals surface area contributed by atoms with Crippen molar-refractivity contribution in [2.45, 2.75) is 19.8 Å². The van der Waals surface area contributed by atoms with Gasteiger partial charge < -0.3 is 0 Å². The van der Waals surface area contributed by atoms with Crippen LogP contribution < -0.4 is 5.32 Å². The van der Waals surface area contributed by atoms with Gasteiger partial charge in [0.25, 0.3) is 5.91 Å². The number of hydrogen-bond acceptors (Lipinski definition) is 4. The molecule has 2 aromatic heterocycles. The molecule has 2 aromatic carbocycles. The SMILES string of the molecule is CCC(=O)Cc1cn(-c2ccccc2)c(NC(=O)c2cccc(-c3cn[nH]c3)c2)n1. The lowest BCUT2D eigenvalue weighted by molar-refractivity contribution is -0.118. The standard InChI is InChI=1S/C23H21N5O2/c1-2-21(29)12-19-15-28(20-9-4-3-5-10-20)23(26-19)27-22(30)17-8-6-7-16(11-17)18-13-24-25-14-18/h3-11,13-15H,2,12H2,1H3,(H,24,25)(H,26,27,30). The number of aromatic nitrogens is 4. The zero-order chi connectivity index (χ0) is 20.9. The molecule has 150 valence electrons. The number of anilines is 1. The molecule has 4 rings (SSSR count). The molecule has 0 unspecified atom stereocenters. The summed E-state index contributed by atoms with van der Waals surface area (Å²) in [5, 5.41) is 9.61. The zero-order valence-electron chi connectivity index (χ0n) is 16.5. The zero-order valence-corrected chi connectivity index (χ0v) is 16.5. The largest absolute Gasteiger partial charge is 0.299 e. The van der Waals surface area contributed by atoms with Crippen LogP contribution in [0.2, 0.25) is 0 Å². The number of imidazole rings is 1. The van der Waals surface area contributed by atoms with E-state index in [0.717, 1.165) is 16.8 Å². The van der Waals surface area contributed by atoms with Crippen molar-refractivity contribution >= 4 is 17.6 Å². The number of H-pyrrole nitrogens is 1. The van der Waals surface area contributed by atoms with Crippen molar-refractivity contribution in [1.82, 2.24) is 19.7 Å². The Hall–Kier alpha value is -4.00. The molecule has 7 nitrogen and oxygen atoms in total. The normalized spacial score (nSPS) is 10.7. The topological polar surface area (TPSA) is 92.7 Å². The fourth-order valence-electron chi connectivity index (χ4n) is 3.14. The van der Waals surface area contributed by atoms with E-state index in [4.69, 9.17) is 0 Å². The Morgan fingerprint density at radius 2 is 1.90 bits per heavy atom. The third kappa shape index (κ3) is 4.20. The molecule has 2 N–H and O–H groups in total. The van der Waals surface area contributed by atoms with E-state index in [9.17, 15) is 9.59 Å². The van der Waals surface area contributed by atoms with Gasteiger partial charge in [-0.1, -0.05) is 37.3 Å². The summed E-state index contributed by atoms with van der Waals surface area (Å²) in [6, 6.07) is 16.9. The average molecular weight is 399 g/mol. The first kappa shape index (κ1) is 19.3. The number of ketones is 1. The van der Waals surface area contributed by atoms with Crippen LogP contribution in [0.3, 0.4) is 0 Å². The van der Waals surface area contributed by atoms with Crippen LogP contribution in [0.5, 0.6) is 0 Å². The summed E-state index contributed by atoms with van der Waals surface area (Å²) in [6.07, 6.45) is 5.95. The fourth-order valence-corrected chi connectivity index (χ4v) is 3.14. The van der Waals surface area contributed by atoms with Gasteiger partial charge in [0.15, 0.2) is 0 Å². The van der Waals surface area contributed by atoms with Gasteiger partial charge in [0.1, 0.15) is 5.78 Å². The molecular weight excluding hydrogens is 378 g/mol. The van der Waals surface area contributed by atoms with Crippen molar-refractivity contribution < 1.29 is 9.59 Å². The van der Waals surface area contributed by atoms with Crippen molar-refractivity contribution in [3.8, 4) is 16.8 Å². The minimum Gasteiger partial charge on any atom is -0.299 e. The fraction of sp³-hybridized carbons (Fsp3) is 0.130. The van der Waals surface area contributed by atoms with E-state index in [1.807, 2.05) is 49.4 Å². The third-order valence-electron chi connectivity index (χ3n) is 4.74.